The first kappa shape index (κ1) is 22.0. The SMILES string of the molecule is CCCOc1ccc(NC(=O)CC2SC(=Nc3ccc4c(c3)OCO4)N(CC)C2=O)cc1. The van der Waals surface area contributed by atoms with Crippen LogP contribution >= 0.6 is 11.8 Å². The van der Waals surface area contributed by atoms with Crippen LogP contribution in [0.15, 0.2) is 47.5 Å². The molecule has 168 valence electrons. The van der Waals surface area contributed by atoms with Crippen LogP contribution in [0.1, 0.15) is 26.7 Å². The van der Waals surface area contributed by atoms with E-state index in [1.165, 1.54) is 11.8 Å². The largest absolute Gasteiger partial charge is 0.494 e. The van der Waals surface area contributed by atoms with Crippen molar-refractivity contribution in [2.24, 2.45) is 4.99 Å². The average Bonchev–Trinajstić information content (AvgIpc) is 3.37. The Hall–Kier alpha value is -3.20. The van der Waals surface area contributed by atoms with Crippen molar-refractivity contribution in [3.8, 4) is 17.2 Å². The molecule has 4 rings (SSSR count). The number of thioether (sulfide) groups is 1. The Labute approximate surface area is 190 Å². The number of anilines is 1. The van der Waals surface area contributed by atoms with Crippen molar-refractivity contribution in [2.45, 2.75) is 31.9 Å². The third kappa shape index (κ3) is 4.99. The molecule has 0 aromatic heterocycles. The lowest BCUT2D eigenvalue weighted by atomic mass is 10.2. The van der Waals surface area contributed by atoms with Gasteiger partial charge in [-0.15, -0.1) is 0 Å². The van der Waals surface area contributed by atoms with Gasteiger partial charge in [0.1, 0.15) is 11.0 Å². The number of fused-ring (bicyclic) bond motifs is 1. The number of amidine groups is 1. The Morgan fingerprint density at radius 2 is 1.97 bits per heavy atom. The summed E-state index contributed by atoms with van der Waals surface area (Å²) < 4.78 is 16.3. The molecule has 1 saturated heterocycles. The number of carbonyl (C=O) groups is 2. The number of amides is 2. The molecular formula is C23H25N3O5S. The maximum Gasteiger partial charge on any atom is 0.242 e. The molecule has 0 saturated carbocycles. The fourth-order valence-corrected chi connectivity index (χ4v) is 4.54. The summed E-state index contributed by atoms with van der Waals surface area (Å²) in [7, 11) is 0. The lowest BCUT2D eigenvalue weighted by molar-refractivity contribution is -0.128. The topological polar surface area (TPSA) is 89.5 Å². The maximum absolute atomic E-state index is 12.8. The molecule has 2 aliphatic heterocycles. The summed E-state index contributed by atoms with van der Waals surface area (Å²) in [5.74, 6) is 1.73. The third-order valence-electron chi connectivity index (χ3n) is 4.90. The van der Waals surface area contributed by atoms with Gasteiger partial charge < -0.3 is 19.5 Å². The summed E-state index contributed by atoms with van der Waals surface area (Å²) in [5, 5.41) is 2.91. The Balaban J connectivity index is 1.39. The first-order valence-electron chi connectivity index (χ1n) is 10.6. The Kier molecular flexibility index (Phi) is 6.84. The number of carbonyl (C=O) groups excluding carboxylic acids is 2. The van der Waals surface area contributed by atoms with Crippen molar-refractivity contribution in [1.29, 1.82) is 0 Å². The fraction of sp³-hybridized carbons (Fsp3) is 0.348. The Morgan fingerprint density at radius 3 is 2.72 bits per heavy atom. The summed E-state index contributed by atoms with van der Waals surface area (Å²) in [4.78, 5) is 31.6. The fourth-order valence-electron chi connectivity index (χ4n) is 3.32. The molecule has 2 aromatic carbocycles. The summed E-state index contributed by atoms with van der Waals surface area (Å²) in [6, 6.07) is 12.6. The molecule has 1 atom stereocenters. The van der Waals surface area contributed by atoms with Crippen LogP contribution in [0.25, 0.3) is 0 Å². The summed E-state index contributed by atoms with van der Waals surface area (Å²) in [6.45, 7) is 5.25. The van der Waals surface area contributed by atoms with Gasteiger partial charge in [0.25, 0.3) is 0 Å². The molecule has 32 heavy (non-hydrogen) atoms. The van der Waals surface area contributed by atoms with Gasteiger partial charge in [0.2, 0.25) is 18.6 Å². The molecule has 2 aromatic rings. The molecular weight excluding hydrogens is 430 g/mol. The number of benzene rings is 2. The smallest absolute Gasteiger partial charge is 0.242 e. The van der Waals surface area contributed by atoms with Crippen LogP contribution in [0.2, 0.25) is 0 Å². The number of hydrogen-bond acceptors (Lipinski definition) is 7. The predicted molar refractivity (Wildman–Crippen MR) is 124 cm³/mol. The molecule has 8 nitrogen and oxygen atoms in total. The van der Waals surface area contributed by atoms with E-state index in [1.807, 2.05) is 32.0 Å². The highest BCUT2D eigenvalue weighted by Crippen LogP contribution is 2.37. The summed E-state index contributed by atoms with van der Waals surface area (Å²) in [5.41, 5.74) is 1.33. The number of aliphatic imine (C=N–C) groups is 1. The van der Waals surface area contributed by atoms with Crippen LogP contribution in [0, 0.1) is 0 Å². The van der Waals surface area contributed by atoms with E-state index in [4.69, 9.17) is 14.2 Å². The predicted octanol–water partition coefficient (Wildman–Crippen LogP) is 4.18. The zero-order valence-electron chi connectivity index (χ0n) is 18.0. The quantitative estimate of drug-likeness (QED) is 0.642. The van der Waals surface area contributed by atoms with Crippen molar-refractivity contribution in [3.63, 3.8) is 0 Å². The van der Waals surface area contributed by atoms with Gasteiger partial charge in [0, 0.05) is 24.7 Å². The van der Waals surface area contributed by atoms with Crippen LogP contribution in [0.3, 0.4) is 0 Å². The van der Waals surface area contributed by atoms with E-state index in [9.17, 15) is 9.59 Å². The Bertz CT molecular complexity index is 1020. The van der Waals surface area contributed by atoms with Gasteiger partial charge in [0.05, 0.1) is 12.3 Å². The van der Waals surface area contributed by atoms with Crippen molar-refractivity contribution in [3.05, 3.63) is 42.5 Å². The van der Waals surface area contributed by atoms with E-state index < -0.39 is 5.25 Å². The second-order valence-corrected chi connectivity index (χ2v) is 8.42. The lowest BCUT2D eigenvalue weighted by Gasteiger charge is -2.13. The highest BCUT2D eigenvalue weighted by Gasteiger charge is 2.38. The minimum absolute atomic E-state index is 0.0637. The van der Waals surface area contributed by atoms with Gasteiger partial charge in [-0.2, -0.15) is 0 Å². The standard InChI is InChI=1S/C23H25N3O5S/c1-3-11-29-17-8-5-15(6-9-17)24-21(27)13-20-22(28)26(4-2)23(32-20)25-16-7-10-18-19(12-16)31-14-30-18/h5-10,12,20H,3-4,11,13-14H2,1-2H3,(H,24,27). The molecule has 2 amide bonds. The van der Waals surface area contributed by atoms with Gasteiger partial charge in [-0.05, 0) is 49.7 Å². The zero-order chi connectivity index (χ0) is 22.5. The number of nitrogens with one attached hydrogen (secondary N) is 1. The van der Waals surface area contributed by atoms with Gasteiger partial charge in [-0.25, -0.2) is 4.99 Å². The van der Waals surface area contributed by atoms with E-state index in [-0.39, 0.29) is 25.0 Å². The molecule has 1 N–H and O–H groups in total. The first-order chi connectivity index (χ1) is 15.6. The van der Waals surface area contributed by atoms with Crippen LogP contribution in [0.4, 0.5) is 11.4 Å². The third-order valence-corrected chi connectivity index (χ3v) is 6.07. The Morgan fingerprint density at radius 1 is 1.19 bits per heavy atom. The average molecular weight is 456 g/mol. The summed E-state index contributed by atoms with van der Waals surface area (Å²) in [6.07, 6.45) is 0.995. The molecule has 9 heteroatoms. The second kappa shape index (κ2) is 9.95. The zero-order valence-corrected chi connectivity index (χ0v) is 18.8. The van der Waals surface area contributed by atoms with Crippen molar-refractivity contribution in [1.82, 2.24) is 4.90 Å². The number of nitrogens with zero attached hydrogens (tertiary/aromatic N) is 2. The molecule has 0 radical (unpaired) electrons. The van der Waals surface area contributed by atoms with Gasteiger partial charge in [0.15, 0.2) is 16.7 Å². The highest BCUT2D eigenvalue weighted by molar-refractivity contribution is 8.15. The second-order valence-electron chi connectivity index (χ2n) is 7.25. The van der Waals surface area contributed by atoms with E-state index >= 15 is 0 Å². The molecule has 0 spiro atoms. The van der Waals surface area contributed by atoms with E-state index in [2.05, 4.69) is 10.3 Å². The minimum Gasteiger partial charge on any atom is -0.494 e. The number of hydrogen-bond donors (Lipinski definition) is 1. The van der Waals surface area contributed by atoms with Crippen LogP contribution in [-0.4, -0.2) is 47.1 Å². The van der Waals surface area contributed by atoms with Crippen LogP contribution in [-0.2, 0) is 9.59 Å². The van der Waals surface area contributed by atoms with Crippen molar-refractivity contribution >= 4 is 40.1 Å². The monoisotopic (exact) mass is 455 g/mol. The van der Waals surface area contributed by atoms with E-state index in [0.29, 0.717) is 41.2 Å². The van der Waals surface area contributed by atoms with E-state index in [0.717, 1.165) is 12.2 Å². The molecule has 1 unspecified atom stereocenters. The first-order valence-corrected chi connectivity index (χ1v) is 11.4. The van der Waals surface area contributed by atoms with Crippen molar-refractivity contribution < 1.29 is 23.8 Å². The highest BCUT2D eigenvalue weighted by atomic mass is 32.2. The van der Waals surface area contributed by atoms with Gasteiger partial charge in [-0.1, -0.05) is 18.7 Å². The van der Waals surface area contributed by atoms with Crippen LogP contribution in [0.5, 0.6) is 17.2 Å². The maximum atomic E-state index is 12.8. The molecule has 0 bridgehead atoms. The molecule has 0 aliphatic carbocycles. The van der Waals surface area contributed by atoms with Gasteiger partial charge in [-0.3, -0.25) is 14.5 Å². The molecule has 2 aliphatic rings. The number of ether oxygens (including phenoxy) is 3. The molecule has 1 fully saturated rings. The lowest BCUT2D eigenvalue weighted by Crippen LogP contribution is -2.33. The van der Waals surface area contributed by atoms with E-state index in [1.54, 1.807) is 29.2 Å². The summed E-state index contributed by atoms with van der Waals surface area (Å²) >= 11 is 1.30. The normalized spacial score (nSPS) is 18.3. The minimum atomic E-state index is -0.519. The van der Waals surface area contributed by atoms with Crippen LogP contribution < -0.4 is 19.5 Å². The molecule has 2 heterocycles. The number of rotatable bonds is 8. The van der Waals surface area contributed by atoms with Gasteiger partial charge >= 0.3 is 0 Å². The van der Waals surface area contributed by atoms with Crippen molar-refractivity contribution in [2.75, 3.05) is 25.3 Å².